The van der Waals surface area contributed by atoms with Crippen LogP contribution in [0, 0.1) is 5.82 Å². The maximum absolute atomic E-state index is 13.1. The largest absolute Gasteiger partial charge is 0.488 e. The van der Waals surface area contributed by atoms with E-state index in [2.05, 4.69) is 10.4 Å². The number of fused-ring (bicyclic) bond motifs is 1. The highest BCUT2D eigenvalue weighted by molar-refractivity contribution is 5.37. The summed E-state index contributed by atoms with van der Waals surface area (Å²) in [6.07, 6.45) is 5.66. The van der Waals surface area contributed by atoms with Gasteiger partial charge in [-0.2, -0.15) is 5.10 Å². The lowest BCUT2D eigenvalue weighted by molar-refractivity contribution is 0.227. The van der Waals surface area contributed by atoms with E-state index in [9.17, 15) is 4.39 Å². The monoisotopic (exact) mass is 275 g/mol. The van der Waals surface area contributed by atoms with E-state index in [0.717, 1.165) is 43.8 Å². The minimum atomic E-state index is -0.194. The molecular weight excluding hydrogens is 257 g/mol. The van der Waals surface area contributed by atoms with Gasteiger partial charge < -0.3 is 10.1 Å². The summed E-state index contributed by atoms with van der Waals surface area (Å²) in [6.45, 7) is 2.62. The Morgan fingerprint density at radius 3 is 3.25 bits per heavy atom. The van der Waals surface area contributed by atoms with Crippen molar-refractivity contribution < 1.29 is 9.13 Å². The fourth-order valence-electron chi connectivity index (χ4n) is 2.46. The van der Waals surface area contributed by atoms with E-state index in [1.54, 1.807) is 18.3 Å². The second-order valence-electron chi connectivity index (χ2n) is 5.02. The maximum Gasteiger partial charge on any atom is 0.123 e. The molecule has 0 spiro atoms. The SMILES string of the molecule is Fc1ccc2c(c1)CC(CNCCCn1cccn1)O2. The zero-order valence-corrected chi connectivity index (χ0v) is 11.3. The molecule has 1 aromatic carbocycles. The van der Waals surface area contributed by atoms with Gasteiger partial charge in [-0.05, 0) is 37.2 Å². The van der Waals surface area contributed by atoms with Gasteiger partial charge in [-0.3, -0.25) is 4.68 Å². The first-order valence-corrected chi connectivity index (χ1v) is 6.94. The second-order valence-corrected chi connectivity index (χ2v) is 5.02. The van der Waals surface area contributed by atoms with Crippen LogP contribution in [0.3, 0.4) is 0 Å². The molecule has 3 rings (SSSR count). The summed E-state index contributed by atoms with van der Waals surface area (Å²) in [6, 6.07) is 6.64. The predicted molar refractivity (Wildman–Crippen MR) is 74.2 cm³/mol. The van der Waals surface area contributed by atoms with Crippen LogP contribution < -0.4 is 10.1 Å². The molecule has 5 heteroatoms. The molecule has 1 N–H and O–H groups in total. The van der Waals surface area contributed by atoms with Gasteiger partial charge in [0.1, 0.15) is 17.7 Å². The van der Waals surface area contributed by atoms with Crippen LogP contribution in [0.4, 0.5) is 4.39 Å². The molecule has 106 valence electrons. The fourth-order valence-corrected chi connectivity index (χ4v) is 2.46. The zero-order chi connectivity index (χ0) is 13.8. The summed E-state index contributed by atoms with van der Waals surface area (Å²) in [4.78, 5) is 0. The Morgan fingerprint density at radius 1 is 1.45 bits per heavy atom. The number of nitrogens with one attached hydrogen (secondary N) is 1. The number of halogens is 1. The van der Waals surface area contributed by atoms with E-state index in [1.165, 1.54) is 6.07 Å². The van der Waals surface area contributed by atoms with Crippen molar-refractivity contribution in [1.82, 2.24) is 15.1 Å². The standard InChI is InChI=1S/C15H18FN3O/c16-13-3-4-15-12(9-13)10-14(20-15)11-17-5-1-7-19-8-2-6-18-19/h2-4,6,8-9,14,17H,1,5,7,10-11H2. The third-order valence-electron chi connectivity index (χ3n) is 3.44. The summed E-state index contributed by atoms with van der Waals surface area (Å²) >= 11 is 0. The Balaban J connectivity index is 1.36. The first kappa shape index (κ1) is 13.1. The van der Waals surface area contributed by atoms with Crippen LogP contribution in [0.5, 0.6) is 5.75 Å². The second kappa shape index (κ2) is 6.05. The molecule has 2 aromatic rings. The smallest absolute Gasteiger partial charge is 0.123 e. The van der Waals surface area contributed by atoms with Gasteiger partial charge in [0, 0.05) is 37.5 Å². The number of benzene rings is 1. The van der Waals surface area contributed by atoms with Gasteiger partial charge in [-0.15, -0.1) is 0 Å². The van der Waals surface area contributed by atoms with E-state index >= 15 is 0 Å². The molecule has 1 aliphatic heterocycles. The van der Waals surface area contributed by atoms with Crippen LogP contribution in [0.25, 0.3) is 0 Å². The van der Waals surface area contributed by atoms with Crippen molar-refractivity contribution >= 4 is 0 Å². The number of hydrogen-bond acceptors (Lipinski definition) is 3. The van der Waals surface area contributed by atoms with Crippen LogP contribution in [0.1, 0.15) is 12.0 Å². The summed E-state index contributed by atoms with van der Waals surface area (Å²) in [7, 11) is 0. The number of rotatable bonds is 6. The molecule has 0 saturated carbocycles. The van der Waals surface area contributed by atoms with E-state index in [4.69, 9.17) is 4.74 Å². The number of ether oxygens (including phenoxy) is 1. The van der Waals surface area contributed by atoms with Crippen molar-refractivity contribution in [2.45, 2.75) is 25.5 Å². The molecule has 2 heterocycles. The quantitative estimate of drug-likeness (QED) is 0.820. The van der Waals surface area contributed by atoms with Crippen molar-refractivity contribution in [1.29, 1.82) is 0 Å². The van der Waals surface area contributed by atoms with Gasteiger partial charge >= 0.3 is 0 Å². The average molecular weight is 275 g/mol. The molecular formula is C15H18FN3O. The maximum atomic E-state index is 13.1. The van der Waals surface area contributed by atoms with E-state index in [1.807, 2.05) is 16.9 Å². The summed E-state index contributed by atoms with van der Waals surface area (Å²) in [5.41, 5.74) is 0.966. The Hall–Kier alpha value is -1.88. The van der Waals surface area contributed by atoms with Crippen LogP contribution in [0.2, 0.25) is 0 Å². The van der Waals surface area contributed by atoms with E-state index in [-0.39, 0.29) is 11.9 Å². The third kappa shape index (κ3) is 3.17. The number of hydrogen-bond donors (Lipinski definition) is 1. The molecule has 0 amide bonds. The van der Waals surface area contributed by atoms with Gasteiger partial charge in [0.15, 0.2) is 0 Å². The molecule has 4 nitrogen and oxygen atoms in total. The normalized spacial score (nSPS) is 16.9. The minimum absolute atomic E-state index is 0.108. The molecule has 1 aliphatic rings. The molecule has 0 radical (unpaired) electrons. The first-order chi connectivity index (χ1) is 9.81. The topological polar surface area (TPSA) is 39.1 Å². The highest BCUT2D eigenvalue weighted by atomic mass is 19.1. The third-order valence-corrected chi connectivity index (χ3v) is 3.44. The molecule has 0 bridgehead atoms. The van der Waals surface area contributed by atoms with Crippen molar-refractivity contribution in [3.63, 3.8) is 0 Å². The zero-order valence-electron chi connectivity index (χ0n) is 11.3. The van der Waals surface area contributed by atoms with E-state index < -0.39 is 0 Å². The summed E-state index contributed by atoms with van der Waals surface area (Å²) in [5, 5.41) is 7.53. The Bertz CT molecular complexity index is 556. The predicted octanol–water partition coefficient (Wildman–Crippen LogP) is 2.01. The number of aromatic nitrogens is 2. The number of nitrogens with zero attached hydrogens (tertiary/aromatic N) is 2. The lowest BCUT2D eigenvalue weighted by Crippen LogP contribution is -2.31. The molecule has 0 saturated heterocycles. The molecule has 1 unspecified atom stereocenters. The van der Waals surface area contributed by atoms with Crippen molar-refractivity contribution in [2.75, 3.05) is 13.1 Å². The lowest BCUT2D eigenvalue weighted by Gasteiger charge is -2.11. The lowest BCUT2D eigenvalue weighted by atomic mass is 10.1. The van der Waals surface area contributed by atoms with Gasteiger partial charge in [0.05, 0.1) is 0 Å². The van der Waals surface area contributed by atoms with Crippen LogP contribution in [0.15, 0.2) is 36.7 Å². The van der Waals surface area contributed by atoms with Gasteiger partial charge in [-0.1, -0.05) is 0 Å². The van der Waals surface area contributed by atoms with Crippen molar-refractivity contribution in [3.8, 4) is 5.75 Å². The molecule has 1 aromatic heterocycles. The van der Waals surface area contributed by atoms with Crippen LogP contribution in [-0.2, 0) is 13.0 Å². The average Bonchev–Trinajstić information content (AvgIpc) is 3.06. The van der Waals surface area contributed by atoms with Gasteiger partial charge in [0.2, 0.25) is 0 Å². The molecule has 20 heavy (non-hydrogen) atoms. The fraction of sp³-hybridized carbons (Fsp3) is 0.400. The number of aryl methyl sites for hydroxylation is 1. The van der Waals surface area contributed by atoms with Crippen LogP contribution in [-0.4, -0.2) is 29.0 Å². The highest BCUT2D eigenvalue weighted by Crippen LogP contribution is 2.28. The Kier molecular flexibility index (Phi) is 3.97. The minimum Gasteiger partial charge on any atom is -0.488 e. The van der Waals surface area contributed by atoms with Crippen molar-refractivity contribution in [2.24, 2.45) is 0 Å². The molecule has 0 aliphatic carbocycles. The molecule has 0 fully saturated rings. The van der Waals surface area contributed by atoms with Gasteiger partial charge in [0.25, 0.3) is 0 Å². The van der Waals surface area contributed by atoms with Crippen LogP contribution >= 0.6 is 0 Å². The Labute approximate surface area is 117 Å². The van der Waals surface area contributed by atoms with Gasteiger partial charge in [-0.25, -0.2) is 4.39 Å². The Morgan fingerprint density at radius 2 is 2.40 bits per heavy atom. The summed E-state index contributed by atoms with van der Waals surface area (Å²) in [5.74, 6) is 0.620. The van der Waals surface area contributed by atoms with Crippen molar-refractivity contribution in [3.05, 3.63) is 48.0 Å². The summed E-state index contributed by atoms with van der Waals surface area (Å²) < 4.78 is 20.8. The molecule has 1 atom stereocenters. The van der Waals surface area contributed by atoms with E-state index in [0.29, 0.717) is 0 Å². The highest BCUT2D eigenvalue weighted by Gasteiger charge is 2.22. The first-order valence-electron chi connectivity index (χ1n) is 6.94.